The number of aliphatic hydroxyl groups excluding tert-OH is 1. The number of rotatable bonds is 8. The van der Waals surface area contributed by atoms with Crippen LogP contribution in [0.25, 0.3) is 0 Å². The third kappa shape index (κ3) is 6.44. The van der Waals surface area contributed by atoms with E-state index in [-0.39, 0.29) is 23.0 Å². The van der Waals surface area contributed by atoms with Crippen molar-refractivity contribution >= 4 is 11.8 Å². The van der Waals surface area contributed by atoms with Gasteiger partial charge in [-0.3, -0.25) is 9.59 Å². The maximum atomic E-state index is 12.4. The molecule has 0 saturated heterocycles. The van der Waals surface area contributed by atoms with Gasteiger partial charge in [0, 0.05) is 6.54 Å². The lowest BCUT2D eigenvalue weighted by atomic mass is 9.87. The third-order valence-corrected chi connectivity index (χ3v) is 3.57. The first-order valence-electron chi connectivity index (χ1n) is 7.92. The smallest absolute Gasteiger partial charge is 0.287 e. The van der Waals surface area contributed by atoms with Crippen LogP contribution in [0, 0.1) is 11.3 Å². The van der Waals surface area contributed by atoms with E-state index in [9.17, 15) is 14.7 Å². The summed E-state index contributed by atoms with van der Waals surface area (Å²) in [6.07, 6.45) is 1.57. The van der Waals surface area contributed by atoms with E-state index in [2.05, 4.69) is 10.6 Å². The summed E-state index contributed by atoms with van der Waals surface area (Å²) >= 11 is 0. The molecular formula is C17H28N2O4. The zero-order chi connectivity index (χ0) is 17.6. The Morgan fingerprint density at radius 1 is 1.30 bits per heavy atom. The van der Waals surface area contributed by atoms with Gasteiger partial charge in [0.25, 0.3) is 5.91 Å². The molecule has 2 atom stereocenters. The van der Waals surface area contributed by atoms with Crippen LogP contribution >= 0.6 is 0 Å². The van der Waals surface area contributed by atoms with Crippen molar-refractivity contribution in [2.45, 2.75) is 53.2 Å². The maximum absolute atomic E-state index is 12.4. The van der Waals surface area contributed by atoms with Gasteiger partial charge in [-0.2, -0.15) is 0 Å². The van der Waals surface area contributed by atoms with E-state index in [0.29, 0.717) is 13.0 Å². The highest BCUT2D eigenvalue weighted by molar-refractivity contribution is 5.95. The molecule has 1 aromatic rings. The van der Waals surface area contributed by atoms with Crippen molar-refractivity contribution in [3.63, 3.8) is 0 Å². The summed E-state index contributed by atoms with van der Waals surface area (Å²) in [7, 11) is 0. The highest BCUT2D eigenvalue weighted by Crippen LogP contribution is 2.21. The first kappa shape index (κ1) is 19.2. The lowest BCUT2D eigenvalue weighted by molar-refractivity contribution is -0.124. The Hall–Kier alpha value is -1.82. The van der Waals surface area contributed by atoms with Gasteiger partial charge in [0.05, 0.1) is 12.4 Å². The number of hydrogen-bond acceptors (Lipinski definition) is 4. The topological polar surface area (TPSA) is 91.6 Å². The maximum Gasteiger partial charge on any atom is 0.287 e. The second-order valence-electron chi connectivity index (χ2n) is 7.11. The van der Waals surface area contributed by atoms with E-state index in [1.54, 1.807) is 19.1 Å². The molecule has 1 heterocycles. The number of furan rings is 1. The van der Waals surface area contributed by atoms with Crippen molar-refractivity contribution in [2.75, 3.05) is 6.54 Å². The van der Waals surface area contributed by atoms with E-state index < -0.39 is 18.1 Å². The fraction of sp³-hybridized carbons (Fsp3) is 0.647. The predicted octanol–water partition coefficient (Wildman–Crippen LogP) is 1.95. The van der Waals surface area contributed by atoms with Crippen LogP contribution in [0.5, 0.6) is 0 Å². The minimum Gasteiger partial charge on any atom is -0.459 e. The molecule has 3 N–H and O–H groups in total. The fourth-order valence-electron chi connectivity index (χ4n) is 2.46. The zero-order valence-electron chi connectivity index (χ0n) is 14.6. The standard InChI is InChI=1S/C17H28N2O4/c1-11(2)14(19-15(21)13-7-6-8-23-13)16(22)18-10-17(4,5)9-12(3)20/h6-8,11-12,14,20H,9-10H2,1-5H3,(H,18,22)(H,19,21). The van der Waals surface area contributed by atoms with E-state index in [0.717, 1.165) is 0 Å². The van der Waals surface area contributed by atoms with Gasteiger partial charge in [-0.25, -0.2) is 0 Å². The van der Waals surface area contributed by atoms with Gasteiger partial charge in [0.1, 0.15) is 6.04 Å². The molecule has 0 bridgehead atoms. The molecule has 0 aromatic carbocycles. The second-order valence-corrected chi connectivity index (χ2v) is 7.11. The molecule has 0 radical (unpaired) electrons. The van der Waals surface area contributed by atoms with Crippen molar-refractivity contribution in [3.05, 3.63) is 24.2 Å². The quantitative estimate of drug-likeness (QED) is 0.681. The Kier molecular flexibility index (Phi) is 6.81. The van der Waals surface area contributed by atoms with Gasteiger partial charge >= 0.3 is 0 Å². The number of carbonyl (C=O) groups is 2. The molecule has 0 aliphatic heterocycles. The summed E-state index contributed by atoms with van der Waals surface area (Å²) in [5.41, 5.74) is -0.226. The summed E-state index contributed by atoms with van der Waals surface area (Å²) in [5.74, 6) is -0.530. The number of amides is 2. The summed E-state index contributed by atoms with van der Waals surface area (Å²) in [6.45, 7) is 9.85. The average Bonchev–Trinajstić information content (AvgIpc) is 2.94. The van der Waals surface area contributed by atoms with Crippen molar-refractivity contribution in [2.24, 2.45) is 11.3 Å². The first-order valence-corrected chi connectivity index (χ1v) is 7.92. The van der Waals surface area contributed by atoms with Gasteiger partial charge in [0.15, 0.2) is 5.76 Å². The van der Waals surface area contributed by atoms with Gasteiger partial charge in [-0.1, -0.05) is 27.7 Å². The highest BCUT2D eigenvalue weighted by Gasteiger charge is 2.28. The number of carbonyl (C=O) groups excluding carboxylic acids is 2. The van der Waals surface area contributed by atoms with Crippen LogP contribution in [0.2, 0.25) is 0 Å². The van der Waals surface area contributed by atoms with E-state index in [1.165, 1.54) is 6.26 Å². The van der Waals surface area contributed by atoms with Crippen molar-refractivity contribution in [1.29, 1.82) is 0 Å². The molecule has 6 heteroatoms. The molecule has 1 rings (SSSR count). The Morgan fingerprint density at radius 3 is 2.43 bits per heavy atom. The van der Waals surface area contributed by atoms with E-state index >= 15 is 0 Å². The Bertz CT molecular complexity index is 507. The SMILES string of the molecule is CC(O)CC(C)(C)CNC(=O)C(NC(=O)c1ccco1)C(C)C. The van der Waals surface area contributed by atoms with Crippen LogP contribution in [0.3, 0.4) is 0 Å². The van der Waals surface area contributed by atoms with Gasteiger partial charge in [-0.15, -0.1) is 0 Å². The summed E-state index contributed by atoms with van der Waals surface area (Å²) in [5, 5.41) is 15.1. The molecule has 0 aliphatic rings. The van der Waals surface area contributed by atoms with Crippen LogP contribution < -0.4 is 10.6 Å². The normalized spacial score (nSPS) is 14.4. The molecule has 0 aliphatic carbocycles. The van der Waals surface area contributed by atoms with E-state index in [1.807, 2.05) is 27.7 Å². The summed E-state index contributed by atoms with van der Waals surface area (Å²) in [4.78, 5) is 24.5. The lowest BCUT2D eigenvalue weighted by Crippen LogP contribution is -2.51. The predicted molar refractivity (Wildman–Crippen MR) is 87.9 cm³/mol. The van der Waals surface area contributed by atoms with Crippen molar-refractivity contribution in [1.82, 2.24) is 10.6 Å². The molecule has 2 amide bonds. The zero-order valence-corrected chi connectivity index (χ0v) is 14.6. The minimum absolute atomic E-state index is 0.0613. The number of nitrogens with one attached hydrogen (secondary N) is 2. The first-order chi connectivity index (χ1) is 10.6. The second kappa shape index (κ2) is 8.15. The Labute approximate surface area is 137 Å². The van der Waals surface area contributed by atoms with Crippen LogP contribution in [-0.2, 0) is 4.79 Å². The van der Waals surface area contributed by atoms with Crippen LogP contribution in [0.1, 0.15) is 51.6 Å². The van der Waals surface area contributed by atoms with Crippen LogP contribution in [0.15, 0.2) is 22.8 Å². The van der Waals surface area contributed by atoms with Crippen LogP contribution in [0.4, 0.5) is 0 Å². The number of hydrogen-bond donors (Lipinski definition) is 3. The molecular weight excluding hydrogens is 296 g/mol. The fourth-order valence-corrected chi connectivity index (χ4v) is 2.46. The highest BCUT2D eigenvalue weighted by atomic mass is 16.3. The average molecular weight is 324 g/mol. The lowest BCUT2D eigenvalue weighted by Gasteiger charge is -2.28. The van der Waals surface area contributed by atoms with Gasteiger partial charge in [0.2, 0.25) is 5.91 Å². The molecule has 6 nitrogen and oxygen atoms in total. The van der Waals surface area contributed by atoms with Crippen molar-refractivity contribution < 1.29 is 19.1 Å². The molecule has 1 aromatic heterocycles. The van der Waals surface area contributed by atoms with Crippen LogP contribution in [-0.4, -0.2) is 35.6 Å². The summed E-state index contributed by atoms with van der Waals surface area (Å²) in [6, 6.07) is 2.53. The molecule has 2 unspecified atom stereocenters. The summed E-state index contributed by atoms with van der Waals surface area (Å²) < 4.78 is 5.04. The van der Waals surface area contributed by atoms with Crippen molar-refractivity contribution in [3.8, 4) is 0 Å². The molecule has 0 fully saturated rings. The number of aliphatic hydroxyl groups is 1. The Balaban J connectivity index is 2.63. The molecule has 23 heavy (non-hydrogen) atoms. The monoisotopic (exact) mass is 324 g/mol. The molecule has 130 valence electrons. The molecule has 0 saturated carbocycles. The van der Waals surface area contributed by atoms with Gasteiger partial charge in [-0.05, 0) is 36.8 Å². The van der Waals surface area contributed by atoms with E-state index in [4.69, 9.17) is 4.42 Å². The molecule has 0 spiro atoms. The third-order valence-electron chi connectivity index (χ3n) is 3.57. The minimum atomic E-state index is -0.644. The Morgan fingerprint density at radius 2 is 1.96 bits per heavy atom. The largest absolute Gasteiger partial charge is 0.459 e. The van der Waals surface area contributed by atoms with Gasteiger partial charge < -0.3 is 20.2 Å².